The van der Waals surface area contributed by atoms with Crippen molar-refractivity contribution in [1.29, 1.82) is 0 Å². The Morgan fingerprint density at radius 2 is 2.15 bits per heavy atom. The van der Waals surface area contributed by atoms with Crippen LogP contribution in [0.5, 0.6) is 0 Å². The fourth-order valence-corrected chi connectivity index (χ4v) is 2.10. The minimum atomic E-state index is -0.451. The number of anilines is 1. The minimum absolute atomic E-state index is 0.253. The van der Waals surface area contributed by atoms with E-state index in [4.69, 9.17) is 0 Å². The monoisotopic (exact) mass is 270 g/mol. The van der Waals surface area contributed by atoms with E-state index in [1.54, 1.807) is 12.3 Å². The Morgan fingerprint density at radius 1 is 1.30 bits per heavy atom. The summed E-state index contributed by atoms with van der Waals surface area (Å²) in [5.74, 6) is -0.390. The van der Waals surface area contributed by atoms with Gasteiger partial charge in [-0.15, -0.1) is 0 Å². The van der Waals surface area contributed by atoms with Gasteiger partial charge in [0.05, 0.1) is 17.9 Å². The summed E-state index contributed by atoms with van der Waals surface area (Å²) in [6.07, 6.45) is 2.74. The van der Waals surface area contributed by atoms with Gasteiger partial charge in [0.25, 0.3) is 0 Å². The molecular weight excluding hydrogens is 259 g/mol. The number of amides is 1. The van der Waals surface area contributed by atoms with Crippen LogP contribution in [0.4, 0.5) is 10.2 Å². The number of rotatable bonds is 2. The number of benzene rings is 1. The molecule has 100 valence electrons. The maximum atomic E-state index is 14.0. The van der Waals surface area contributed by atoms with Crippen LogP contribution in [0.15, 0.2) is 36.7 Å². The smallest absolute Gasteiger partial charge is 0.222 e. The number of aromatic nitrogens is 3. The quantitative estimate of drug-likeness (QED) is 0.752. The van der Waals surface area contributed by atoms with E-state index in [2.05, 4.69) is 20.5 Å². The Labute approximate surface area is 113 Å². The summed E-state index contributed by atoms with van der Waals surface area (Å²) in [5.41, 5.74) is 1.89. The van der Waals surface area contributed by atoms with Crippen LogP contribution in [-0.4, -0.2) is 21.1 Å². The summed E-state index contributed by atoms with van der Waals surface area (Å²) in [6.45, 7) is 1.38. The molecule has 0 radical (unpaired) electrons. The lowest BCUT2D eigenvalue weighted by molar-refractivity contribution is -0.114. The molecule has 0 saturated carbocycles. The van der Waals surface area contributed by atoms with Gasteiger partial charge in [-0.2, -0.15) is 5.10 Å². The highest BCUT2D eigenvalue weighted by atomic mass is 19.1. The number of aromatic amines is 1. The molecule has 0 aliphatic heterocycles. The molecule has 5 nitrogen and oxygen atoms in total. The largest absolute Gasteiger partial charge is 0.311 e. The Hall–Kier alpha value is -2.76. The van der Waals surface area contributed by atoms with E-state index in [0.29, 0.717) is 16.9 Å². The van der Waals surface area contributed by atoms with Crippen LogP contribution in [0, 0.1) is 5.82 Å². The second-order valence-corrected chi connectivity index (χ2v) is 4.37. The number of nitrogens with zero attached hydrogens (tertiary/aromatic N) is 2. The summed E-state index contributed by atoms with van der Waals surface area (Å²) in [6, 6.07) is 6.99. The number of nitrogens with one attached hydrogen (secondary N) is 2. The number of carbonyl (C=O) groups excluding carboxylic acids is 1. The topological polar surface area (TPSA) is 70.7 Å². The zero-order chi connectivity index (χ0) is 14.1. The second-order valence-electron chi connectivity index (χ2n) is 4.37. The van der Waals surface area contributed by atoms with Gasteiger partial charge in [0.2, 0.25) is 5.91 Å². The molecule has 2 N–H and O–H groups in total. The fourth-order valence-electron chi connectivity index (χ4n) is 2.10. The normalized spacial score (nSPS) is 10.7. The Bertz CT molecular complexity index is 797. The Balaban J connectivity index is 2.18. The van der Waals surface area contributed by atoms with Crippen molar-refractivity contribution in [2.75, 3.05) is 5.32 Å². The van der Waals surface area contributed by atoms with E-state index in [9.17, 15) is 9.18 Å². The number of fused-ring (bicyclic) bond motifs is 1. The summed E-state index contributed by atoms with van der Waals surface area (Å²) in [5, 5.41) is 10.1. The zero-order valence-electron chi connectivity index (χ0n) is 10.6. The van der Waals surface area contributed by atoms with Crippen molar-refractivity contribution in [3.05, 3.63) is 42.5 Å². The van der Waals surface area contributed by atoms with Crippen molar-refractivity contribution in [3.63, 3.8) is 0 Å². The van der Waals surface area contributed by atoms with E-state index in [1.165, 1.54) is 13.0 Å². The van der Waals surface area contributed by atoms with Crippen LogP contribution in [0.3, 0.4) is 0 Å². The van der Waals surface area contributed by atoms with Gasteiger partial charge in [-0.1, -0.05) is 12.1 Å². The second kappa shape index (κ2) is 4.73. The predicted octanol–water partition coefficient (Wildman–Crippen LogP) is 2.72. The van der Waals surface area contributed by atoms with E-state index < -0.39 is 5.82 Å². The molecule has 0 spiro atoms. The number of pyridine rings is 1. The standard InChI is InChI=1S/C14H11FN4O/c1-8(20)18-14-5-10(12(15)7-16-14)9-3-2-4-13-11(9)6-17-19-13/h2-7H,1H3,(H,17,19)(H,16,18,20). The van der Waals surface area contributed by atoms with Crippen LogP contribution < -0.4 is 5.32 Å². The molecule has 0 saturated heterocycles. The highest BCUT2D eigenvalue weighted by molar-refractivity contribution is 5.95. The SMILES string of the molecule is CC(=O)Nc1cc(-c2cccc3[nH]ncc23)c(F)cn1. The molecule has 2 heterocycles. The third kappa shape index (κ3) is 2.11. The number of hydrogen-bond acceptors (Lipinski definition) is 3. The molecule has 0 atom stereocenters. The van der Waals surface area contributed by atoms with Crippen molar-refractivity contribution >= 4 is 22.6 Å². The molecule has 3 aromatic rings. The first-order valence-corrected chi connectivity index (χ1v) is 6.01. The first-order chi connectivity index (χ1) is 9.65. The van der Waals surface area contributed by atoms with E-state index in [0.717, 1.165) is 17.1 Å². The summed E-state index contributed by atoms with van der Waals surface area (Å²) >= 11 is 0. The average Bonchev–Trinajstić information content (AvgIpc) is 2.88. The predicted molar refractivity (Wildman–Crippen MR) is 73.6 cm³/mol. The first-order valence-electron chi connectivity index (χ1n) is 6.01. The molecule has 3 rings (SSSR count). The molecule has 1 amide bonds. The van der Waals surface area contributed by atoms with Crippen molar-refractivity contribution in [3.8, 4) is 11.1 Å². The third-order valence-electron chi connectivity index (χ3n) is 2.93. The molecule has 0 bridgehead atoms. The lowest BCUT2D eigenvalue weighted by atomic mass is 10.0. The molecule has 1 aromatic carbocycles. The molecule has 2 aromatic heterocycles. The van der Waals surface area contributed by atoms with Gasteiger partial charge >= 0.3 is 0 Å². The minimum Gasteiger partial charge on any atom is -0.311 e. The third-order valence-corrected chi connectivity index (χ3v) is 2.93. The van der Waals surface area contributed by atoms with Crippen LogP contribution in [0.25, 0.3) is 22.0 Å². The van der Waals surface area contributed by atoms with Crippen molar-refractivity contribution in [2.24, 2.45) is 0 Å². The lowest BCUT2D eigenvalue weighted by Crippen LogP contribution is -2.07. The molecule has 0 aliphatic carbocycles. The molecule has 20 heavy (non-hydrogen) atoms. The van der Waals surface area contributed by atoms with Crippen molar-refractivity contribution < 1.29 is 9.18 Å². The van der Waals surface area contributed by atoms with Crippen LogP contribution in [0.2, 0.25) is 0 Å². The zero-order valence-corrected chi connectivity index (χ0v) is 10.6. The maximum absolute atomic E-state index is 14.0. The van der Waals surface area contributed by atoms with Crippen LogP contribution >= 0.6 is 0 Å². The van der Waals surface area contributed by atoms with Crippen molar-refractivity contribution in [1.82, 2.24) is 15.2 Å². The number of halogens is 1. The number of carbonyl (C=O) groups is 1. The Kier molecular flexibility index (Phi) is 2.90. The van der Waals surface area contributed by atoms with Gasteiger partial charge in [-0.3, -0.25) is 9.89 Å². The van der Waals surface area contributed by atoms with Gasteiger partial charge in [0, 0.05) is 17.9 Å². The molecule has 0 unspecified atom stereocenters. The lowest BCUT2D eigenvalue weighted by Gasteiger charge is -2.07. The number of H-pyrrole nitrogens is 1. The van der Waals surface area contributed by atoms with Gasteiger partial charge in [-0.05, 0) is 17.7 Å². The van der Waals surface area contributed by atoms with Crippen LogP contribution in [0.1, 0.15) is 6.92 Å². The molecule has 6 heteroatoms. The van der Waals surface area contributed by atoms with E-state index in [1.807, 2.05) is 12.1 Å². The van der Waals surface area contributed by atoms with E-state index >= 15 is 0 Å². The van der Waals surface area contributed by atoms with Gasteiger partial charge in [0.15, 0.2) is 0 Å². The summed E-state index contributed by atoms with van der Waals surface area (Å²) < 4.78 is 14.0. The van der Waals surface area contributed by atoms with Gasteiger partial charge in [-0.25, -0.2) is 9.37 Å². The Morgan fingerprint density at radius 3 is 2.95 bits per heavy atom. The average molecular weight is 270 g/mol. The molecule has 0 aliphatic rings. The fraction of sp³-hybridized carbons (Fsp3) is 0.0714. The first kappa shape index (κ1) is 12.3. The molecular formula is C14H11FN4O. The van der Waals surface area contributed by atoms with Crippen molar-refractivity contribution in [2.45, 2.75) is 6.92 Å². The highest BCUT2D eigenvalue weighted by Gasteiger charge is 2.12. The van der Waals surface area contributed by atoms with Crippen LogP contribution in [-0.2, 0) is 4.79 Å². The van der Waals surface area contributed by atoms with E-state index in [-0.39, 0.29) is 5.91 Å². The number of hydrogen-bond donors (Lipinski definition) is 2. The summed E-state index contributed by atoms with van der Waals surface area (Å²) in [4.78, 5) is 14.9. The van der Waals surface area contributed by atoms with Gasteiger partial charge < -0.3 is 5.32 Å². The maximum Gasteiger partial charge on any atom is 0.222 e. The molecule has 0 fully saturated rings. The van der Waals surface area contributed by atoms with Gasteiger partial charge in [0.1, 0.15) is 11.6 Å². The summed E-state index contributed by atoms with van der Waals surface area (Å²) in [7, 11) is 0. The highest BCUT2D eigenvalue weighted by Crippen LogP contribution is 2.30.